The van der Waals surface area contributed by atoms with Crippen molar-refractivity contribution in [2.45, 2.75) is 6.54 Å². The van der Waals surface area contributed by atoms with Gasteiger partial charge < -0.3 is 10.6 Å². The second-order valence-electron chi connectivity index (χ2n) is 3.37. The summed E-state index contributed by atoms with van der Waals surface area (Å²) in [5.74, 6) is -0.711. The molecule has 0 aliphatic rings. The first-order valence-corrected chi connectivity index (χ1v) is 4.71. The Bertz CT molecular complexity index is 439. The van der Waals surface area contributed by atoms with Crippen molar-refractivity contribution in [3.63, 3.8) is 0 Å². The van der Waals surface area contributed by atoms with Gasteiger partial charge in [0.05, 0.1) is 18.2 Å². The summed E-state index contributed by atoms with van der Waals surface area (Å²) >= 11 is 0. The van der Waals surface area contributed by atoms with E-state index in [-0.39, 0.29) is 19.0 Å². The summed E-state index contributed by atoms with van der Waals surface area (Å²) in [6.07, 6.45) is 0. The van der Waals surface area contributed by atoms with Crippen LogP contribution in [0.15, 0.2) is 18.2 Å². The fourth-order valence-corrected chi connectivity index (χ4v) is 1.26. The molecule has 1 rings (SSSR count). The summed E-state index contributed by atoms with van der Waals surface area (Å²) < 4.78 is 13.4. The molecule has 0 fully saturated rings. The molecule has 1 aromatic carbocycles. The van der Waals surface area contributed by atoms with Crippen LogP contribution < -0.4 is 5.73 Å². The van der Waals surface area contributed by atoms with Crippen molar-refractivity contribution >= 4 is 5.91 Å². The van der Waals surface area contributed by atoms with Gasteiger partial charge in [-0.1, -0.05) is 0 Å². The number of carbonyl (C=O) groups excluding carboxylic acids is 1. The van der Waals surface area contributed by atoms with Crippen LogP contribution in [0.25, 0.3) is 0 Å². The molecule has 4 nitrogen and oxygen atoms in total. The monoisotopic (exact) mass is 221 g/mol. The maximum atomic E-state index is 13.4. The fourth-order valence-electron chi connectivity index (χ4n) is 1.26. The predicted octanol–water partition coefficient (Wildman–Crippen LogP) is 0.614. The molecule has 2 N–H and O–H groups in total. The minimum atomic E-state index is -0.435. The van der Waals surface area contributed by atoms with Gasteiger partial charge in [-0.3, -0.25) is 4.79 Å². The van der Waals surface area contributed by atoms with Gasteiger partial charge in [-0.05, 0) is 18.2 Å². The molecule has 0 spiro atoms. The van der Waals surface area contributed by atoms with Crippen LogP contribution in [-0.2, 0) is 11.3 Å². The highest BCUT2D eigenvalue weighted by molar-refractivity contribution is 5.77. The van der Waals surface area contributed by atoms with Crippen LogP contribution in [0.2, 0.25) is 0 Å². The van der Waals surface area contributed by atoms with Gasteiger partial charge in [0.25, 0.3) is 0 Å². The van der Waals surface area contributed by atoms with Crippen LogP contribution >= 0.6 is 0 Å². The van der Waals surface area contributed by atoms with E-state index in [4.69, 9.17) is 11.0 Å². The molecule has 1 aromatic rings. The Kier molecular flexibility index (Phi) is 3.97. The Hall–Kier alpha value is -1.93. The summed E-state index contributed by atoms with van der Waals surface area (Å²) in [5, 5.41) is 8.67. The van der Waals surface area contributed by atoms with E-state index < -0.39 is 5.82 Å². The minimum absolute atomic E-state index is 0.109. The average Bonchev–Trinajstić information content (AvgIpc) is 2.30. The molecule has 0 unspecified atom stereocenters. The summed E-state index contributed by atoms with van der Waals surface area (Å²) in [4.78, 5) is 12.5. The number of benzene rings is 1. The number of hydrogen-bond donors (Lipinski definition) is 1. The van der Waals surface area contributed by atoms with Gasteiger partial charge in [-0.25, -0.2) is 4.39 Å². The zero-order valence-corrected chi connectivity index (χ0v) is 8.90. The standard InChI is InChI=1S/C11H12FN3O/c1-15(11(16)6-14)7-9-4-8(5-13)2-3-10(9)12/h2-4H,6-7,14H2,1H3. The number of halogens is 1. The highest BCUT2D eigenvalue weighted by atomic mass is 19.1. The van der Waals surface area contributed by atoms with E-state index in [0.29, 0.717) is 11.1 Å². The van der Waals surface area contributed by atoms with Gasteiger partial charge in [-0.2, -0.15) is 5.26 Å². The topological polar surface area (TPSA) is 70.1 Å². The van der Waals surface area contributed by atoms with Gasteiger partial charge in [0.1, 0.15) is 5.82 Å². The lowest BCUT2D eigenvalue weighted by molar-refractivity contribution is -0.128. The number of likely N-dealkylation sites (N-methyl/N-ethyl adjacent to an activating group) is 1. The molecule has 0 heterocycles. The number of amides is 1. The molecular formula is C11H12FN3O. The second kappa shape index (κ2) is 5.24. The maximum absolute atomic E-state index is 13.4. The molecule has 0 atom stereocenters. The van der Waals surface area contributed by atoms with E-state index in [0.717, 1.165) is 0 Å². The Labute approximate surface area is 93.1 Å². The third-order valence-corrected chi connectivity index (χ3v) is 2.18. The molecule has 0 bridgehead atoms. The van der Waals surface area contributed by atoms with Crippen LogP contribution in [-0.4, -0.2) is 24.4 Å². The molecule has 5 heteroatoms. The van der Waals surface area contributed by atoms with E-state index in [1.807, 2.05) is 6.07 Å². The average molecular weight is 221 g/mol. The summed E-state index contributed by atoms with van der Waals surface area (Å²) in [6.45, 7) is -0.00650. The molecule has 0 aliphatic carbocycles. The molecule has 0 saturated heterocycles. The van der Waals surface area contributed by atoms with Crippen molar-refractivity contribution in [1.82, 2.24) is 4.90 Å². The lowest BCUT2D eigenvalue weighted by Gasteiger charge is -2.16. The molecular weight excluding hydrogens is 209 g/mol. The first-order chi connectivity index (χ1) is 7.58. The van der Waals surface area contributed by atoms with E-state index in [2.05, 4.69) is 0 Å². The van der Waals surface area contributed by atoms with Crippen LogP contribution in [0.4, 0.5) is 4.39 Å². The number of nitrogens with two attached hydrogens (primary N) is 1. The number of hydrogen-bond acceptors (Lipinski definition) is 3. The number of rotatable bonds is 3. The number of nitriles is 1. The Morgan fingerprint density at radius 1 is 1.62 bits per heavy atom. The Balaban J connectivity index is 2.88. The lowest BCUT2D eigenvalue weighted by atomic mass is 10.1. The second-order valence-corrected chi connectivity index (χ2v) is 3.37. The van der Waals surface area contributed by atoms with E-state index in [1.54, 1.807) is 0 Å². The summed E-state index contributed by atoms with van der Waals surface area (Å²) in [5.41, 5.74) is 5.86. The van der Waals surface area contributed by atoms with Crippen LogP contribution in [0.5, 0.6) is 0 Å². The molecule has 0 aromatic heterocycles. The van der Waals surface area contributed by atoms with E-state index in [9.17, 15) is 9.18 Å². The van der Waals surface area contributed by atoms with Crippen molar-refractivity contribution in [2.75, 3.05) is 13.6 Å². The molecule has 0 aliphatic heterocycles. The van der Waals surface area contributed by atoms with Gasteiger partial charge in [0.2, 0.25) is 5.91 Å². The smallest absolute Gasteiger partial charge is 0.236 e. The van der Waals surface area contributed by atoms with Crippen molar-refractivity contribution < 1.29 is 9.18 Å². The highest BCUT2D eigenvalue weighted by Gasteiger charge is 2.10. The molecule has 1 amide bonds. The summed E-state index contributed by atoms with van der Waals surface area (Å²) in [6, 6.07) is 5.95. The van der Waals surface area contributed by atoms with E-state index in [1.165, 1.54) is 30.1 Å². The van der Waals surface area contributed by atoms with Crippen molar-refractivity contribution in [3.8, 4) is 6.07 Å². The van der Waals surface area contributed by atoms with Crippen LogP contribution in [0.1, 0.15) is 11.1 Å². The first-order valence-electron chi connectivity index (χ1n) is 4.71. The first kappa shape index (κ1) is 12.1. The third kappa shape index (κ3) is 2.78. The molecule has 84 valence electrons. The zero-order valence-electron chi connectivity index (χ0n) is 8.90. The van der Waals surface area contributed by atoms with Gasteiger partial charge in [0, 0.05) is 19.2 Å². The van der Waals surface area contributed by atoms with Crippen LogP contribution in [0.3, 0.4) is 0 Å². The number of carbonyl (C=O) groups is 1. The summed E-state index contributed by atoms with van der Waals surface area (Å²) in [7, 11) is 1.54. The number of nitrogens with zero attached hydrogens (tertiary/aromatic N) is 2. The minimum Gasteiger partial charge on any atom is -0.340 e. The largest absolute Gasteiger partial charge is 0.340 e. The fraction of sp³-hybridized carbons (Fsp3) is 0.273. The third-order valence-electron chi connectivity index (χ3n) is 2.18. The Morgan fingerprint density at radius 3 is 2.88 bits per heavy atom. The van der Waals surface area contributed by atoms with E-state index >= 15 is 0 Å². The molecule has 0 radical (unpaired) electrons. The van der Waals surface area contributed by atoms with Crippen molar-refractivity contribution in [1.29, 1.82) is 5.26 Å². The molecule has 16 heavy (non-hydrogen) atoms. The lowest BCUT2D eigenvalue weighted by Crippen LogP contribution is -2.32. The van der Waals surface area contributed by atoms with Crippen LogP contribution in [0, 0.1) is 17.1 Å². The van der Waals surface area contributed by atoms with Gasteiger partial charge >= 0.3 is 0 Å². The normalized spacial score (nSPS) is 9.62. The Morgan fingerprint density at radius 2 is 2.31 bits per heavy atom. The maximum Gasteiger partial charge on any atom is 0.236 e. The van der Waals surface area contributed by atoms with Crippen molar-refractivity contribution in [3.05, 3.63) is 35.1 Å². The highest BCUT2D eigenvalue weighted by Crippen LogP contribution is 2.12. The quantitative estimate of drug-likeness (QED) is 0.813. The zero-order chi connectivity index (χ0) is 12.1. The van der Waals surface area contributed by atoms with Crippen molar-refractivity contribution in [2.24, 2.45) is 5.73 Å². The van der Waals surface area contributed by atoms with Gasteiger partial charge in [0.15, 0.2) is 0 Å². The predicted molar refractivity (Wildman–Crippen MR) is 56.6 cm³/mol. The SMILES string of the molecule is CN(Cc1cc(C#N)ccc1F)C(=O)CN. The molecule has 0 saturated carbocycles. The van der Waals surface area contributed by atoms with Gasteiger partial charge in [-0.15, -0.1) is 0 Å².